The molecule has 5 heteroatoms. The lowest BCUT2D eigenvalue weighted by atomic mass is 10.1. The van der Waals surface area contributed by atoms with Gasteiger partial charge in [0.15, 0.2) is 0 Å². The monoisotopic (exact) mass is 239 g/mol. The summed E-state index contributed by atoms with van der Waals surface area (Å²) in [5, 5.41) is 6.82. The smallest absolute Gasteiger partial charge is 0.149 e. The van der Waals surface area contributed by atoms with Crippen molar-refractivity contribution < 1.29 is 4.39 Å². The van der Waals surface area contributed by atoms with Gasteiger partial charge in [-0.3, -0.25) is 5.10 Å². The van der Waals surface area contributed by atoms with Gasteiger partial charge in [-0.1, -0.05) is 24.6 Å². The number of benzene rings is 1. The molecule has 0 unspecified atom stereocenters. The molecule has 0 amide bonds. The van der Waals surface area contributed by atoms with Crippen LogP contribution in [0.25, 0.3) is 11.3 Å². The minimum Gasteiger partial charge on any atom is -0.382 e. The van der Waals surface area contributed by atoms with Crippen molar-refractivity contribution in [3.8, 4) is 11.3 Å². The Morgan fingerprint density at radius 2 is 2.25 bits per heavy atom. The number of nitrogen functional groups attached to an aromatic ring is 1. The summed E-state index contributed by atoms with van der Waals surface area (Å²) >= 11 is 5.62. The van der Waals surface area contributed by atoms with Crippen molar-refractivity contribution in [3.05, 3.63) is 34.6 Å². The topological polar surface area (TPSA) is 54.7 Å². The van der Waals surface area contributed by atoms with Gasteiger partial charge in [0.1, 0.15) is 11.6 Å². The normalized spacial score (nSPS) is 10.7. The Kier molecular flexibility index (Phi) is 2.83. The van der Waals surface area contributed by atoms with Gasteiger partial charge in [-0.05, 0) is 18.6 Å². The standard InChI is InChI=1S/C11H11ClFN3/c1-2-7-10(15-16-11(7)14)6-3-4-8(12)9(13)5-6/h3-5H,2H2,1H3,(H3,14,15,16). The molecule has 3 N–H and O–H groups in total. The SMILES string of the molecule is CCc1c(N)n[nH]c1-c1ccc(Cl)c(F)c1. The molecule has 0 fully saturated rings. The number of aromatic nitrogens is 2. The third-order valence-corrected chi connectivity index (χ3v) is 2.77. The fraction of sp³-hybridized carbons (Fsp3) is 0.182. The van der Waals surface area contributed by atoms with Crippen molar-refractivity contribution in [2.24, 2.45) is 0 Å². The van der Waals surface area contributed by atoms with Gasteiger partial charge in [0.25, 0.3) is 0 Å². The van der Waals surface area contributed by atoms with Crippen molar-refractivity contribution in [3.63, 3.8) is 0 Å². The van der Waals surface area contributed by atoms with E-state index in [0.29, 0.717) is 11.4 Å². The molecule has 0 bridgehead atoms. The summed E-state index contributed by atoms with van der Waals surface area (Å²) in [4.78, 5) is 0. The Balaban J connectivity index is 2.54. The summed E-state index contributed by atoms with van der Waals surface area (Å²) in [7, 11) is 0. The van der Waals surface area contributed by atoms with E-state index in [1.807, 2.05) is 6.92 Å². The number of anilines is 1. The highest BCUT2D eigenvalue weighted by Gasteiger charge is 2.12. The van der Waals surface area contributed by atoms with Gasteiger partial charge in [0.2, 0.25) is 0 Å². The average Bonchev–Trinajstić information content (AvgIpc) is 2.63. The van der Waals surface area contributed by atoms with Crippen LogP contribution in [0.3, 0.4) is 0 Å². The van der Waals surface area contributed by atoms with Crippen molar-refractivity contribution in [1.82, 2.24) is 10.2 Å². The van der Waals surface area contributed by atoms with Crippen molar-refractivity contribution >= 4 is 17.4 Å². The van der Waals surface area contributed by atoms with Crippen LogP contribution >= 0.6 is 11.6 Å². The average molecular weight is 240 g/mol. The molecule has 3 nitrogen and oxygen atoms in total. The van der Waals surface area contributed by atoms with E-state index in [9.17, 15) is 4.39 Å². The first-order valence-corrected chi connectivity index (χ1v) is 5.29. The Morgan fingerprint density at radius 1 is 1.50 bits per heavy atom. The molecule has 2 aromatic rings. The predicted octanol–water partition coefficient (Wildman–Crippen LogP) is 3.01. The second-order valence-corrected chi connectivity index (χ2v) is 3.85. The molecular weight excluding hydrogens is 229 g/mol. The molecule has 0 saturated carbocycles. The molecule has 1 aromatic carbocycles. The minimum atomic E-state index is -0.450. The minimum absolute atomic E-state index is 0.106. The van der Waals surface area contributed by atoms with E-state index >= 15 is 0 Å². The highest BCUT2D eigenvalue weighted by Crippen LogP contribution is 2.28. The van der Waals surface area contributed by atoms with E-state index < -0.39 is 5.82 Å². The van der Waals surface area contributed by atoms with Crippen LogP contribution in [-0.2, 0) is 6.42 Å². The zero-order valence-electron chi connectivity index (χ0n) is 8.72. The van der Waals surface area contributed by atoms with Crippen molar-refractivity contribution in [2.45, 2.75) is 13.3 Å². The Hall–Kier alpha value is -1.55. The first-order valence-electron chi connectivity index (χ1n) is 4.91. The lowest BCUT2D eigenvalue weighted by Crippen LogP contribution is -1.91. The maximum absolute atomic E-state index is 13.3. The summed E-state index contributed by atoms with van der Waals surface area (Å²) in [6, 6.07) is 4.62. The molecule has 2 rings (SSSR count). The van der Waals surface area contributed by atoms with Crippen LogP contribution in [0.4, 0.5) is 10.2 Å². The molecule has 0 aliphatic rings. The van der Waals surface area contributed by atoms with Gasteiger partial charge in [-0.2, -0.15) is 5.10 Å². The fourth-order valence-electron chi connectivity index (χ4n) is 1.63. The van der Waals surface area contributed by atoms with Gasteiger partial charge in [-0.25, -0.2) is 4.39 Å². The molecule has 0 spiro atoms. The van der Waals surface area contributed by atoms with Crippen LogP contribution in [0.5, 0.6) is 0 Å². The molecule has 16 heavy (non-hydrogen) atoms. The van der Waals surface area contributed by atoms with Gasteiger partial charge < -0.3 is 5.73 Å². The maximum atomic E-state index is 13.3. The van der Waals surface area contributed by atoms with Gasteiger partial charge in [-0.15, -0.1) is 0 Å². The Labute approximate surface area is 97.4 Å². The zero-order chi connectivity index (χ0) is 11.7. The van der Waals surface area contributed by atoms with E-state index in [-0.39, 0.29) is 5.02 Å². The molecule has 0 aliphatic carbocycles. The van der Waals surface area contributed by atoms with Crippen LogP contribution in [0.15, 0.2) is 18.2 Å². The molecule has 0 radical (unpaired) electrons. The second-order valence-electron chi connectivity index (χ2n) is 3.44. The van der Waals surface area contributed by atoms with E-state index in [4.69, 9.17) is 17.3 Å². The lowest BCUT2D eigenvalue weighted by Gasteiger charge is -2.02. The molecule has 0 aliphatic heterocycles. The first kappa shape index (κ1) is 11.0. The van der Waals surface area contributed by atoms with Gasteiger partial charge in [0.05, 0.1) is 10.7 Å². The van der Waals surface area contributed by atoms with E-state index in [1.54, 1.807) is 6.07 Å². The molecule has 0 saturated heterocycles. The van der Waals surface area contributed by atoms with Gasteiger partial charge >= 0.3 is 0 Å². The summed E-state index contributed by atoms with van der Waals surface area (Å²) in [6.07, 6.45) is 0.738. The highest BCUT2D eigenvalue weighted by atomic mass is 35.5. The molecule has 1 heterocycles. The van der Waals surface area contributed by atoms with Crippen LogP contribution in [0, 0.1) is 5.82 Å². The Morgan fingerprint density at radius 3 is 2.88 bits per heavy atom. The first-order chi connectivity index (χ1) is 7.63. The number of nitrogens with zero attached hydrogens (tertiary/aromatic N) is 1. The Bertz CT molecular complexity index is 522. The van der Waals surface area contributed by atoms with E-state index in [1.165, 1.54) is 12.1 Å². The number of hydrogen-bond donors (Lipinski definition) is 2. The second kappa shape index (κ2) is 4.14. The van der Waals surface area contributed by atoms with Crippen LogP contribution in [0.1, 0.15) is 12.5 Å². The quantitative estimate of drug-likeness (QED) is 0.847. The van der Waals surface area contributed by atoms with Gasteiger partial charge in [0, 0.05) is 11.1 Å². The molecule has 84 valence electrons. The summed E-state index contributed by atoms with van der Waals surface area (Å²) < 4.78 is 13.3. The maximum Gasteiger partial charge on any atom is 0.149 e. The van der Waals surface area contributed by atoms with Crippen molar-refractivity contribution in [1.29, 1.82) is 0 Å². The fourth-order valence-corrected chi connectivity index (χ4v) is 1.75. The number of H-pyrrole nitrogens is 1. The number of hydrogen-bond acceptors (Lipinski definition) is 2. The number of halogens is 2. The van der Waals surface area contributed by atoms with E-state index in [0.717, 1.165) is 17.7 Å². The number of nitrogens with one attached hydrogen (secondary N) is 1. The zero-order valence-corrected chi connectivity index (χ0v) is 9.48. The summed E-state index contributed by atoms with van der Waals surface area (Å²) in [5.41, 5.74) is 8.03. The third kappa shape index (κ3) is 1.76. The lowest BCUT2D eigenvalue weighted by molar-refractivity contribution is 0.628. The molecule has 1 aromatic heterocycles. The molecule has 0 atom stereocenters. The third-order valence-electron chi connectivity index (χ3n) is 2.46. The largest absolute Gasteiger partial charge is 0.382 e. The molecular formula is C11H11ClFN3. The number of rotatable bonds is 2. The predicted molar refractivity (Wildman–Crippen MR) is 62.8 cm³/mol. The van der Waals surface area contributed by atoms with Crippen LogP contribution < -0.4 is 5.73 Å². The summed E-state index contributed by atoms with van der Waals surface area (Å²) in [5.74, 6) is 0.00208. The van der Waals surface area contributed by atoms with Crippen LogP contribution in [-0.4, -0.2) is 10.2 Å². The highest BCUT2D eigenvalue weighted by molar-refractivity contribution is 6.30. The number of aromatic amines is 1. The number of nitrogens with two attached hydrogens (primary N) is 1. The summed E-state index contributed by atoms with van der Waals surface area (Å²) in [6.45, 7) is 1.97. The van der Waals surface area contributed by atoms with Crippen LogP contribution in [0.2, 0.25) is 5.02 Å². The van der Waals surface area contributed by atoms with Crippen molar-refractivity contribution in [2.75, 3.05) is 5.73 Å². The van der Waals surface area contributed by atoms with E-state index in [2.05, 4.69) is 10.2 Å².